The topological polar surface area (TPSA) is 86.7 Å². The highest BCUT2D eigenvalue weighted by atomic mass is 16.4. The van der Waals surface area contributed by atoms with Gasteiger partial charge in [0.25, 0.3) is 0 Å². The number of carboxylic acid groups (broad SMARTS) is 1. The van der Waals surface area contributed by atoms with Crippen LogP contribution >= 0.6 is 0 Å². The molecular formula is C17H24N2O4. The molecule has 6 heteroatoms. The summed E-state index contributed by atoms with van der Waals surface area (Å²) in [6, 6.07) is 6.75. The Bertz CT molecular complexity index is 554. The molecule has 1 unspecified atom stereocenters. The predicted molar refractivity (Wildman–Crippen MR) is 87.0 cm³/mol. The second-order valence-corrected chi connectivity index (χ2v) is 5.43. The number of hydrogen-bond donors (Lipinski definition) is 2. The molecule has 0 saturated heterocycles. The van der Waals surface area contributed by atoms with Crippen LogP contribution in [-0.2, 0) is 27.2 Å². The molecule has 1 aromatic rings. The molecule has 0 aromatic heterocycles. The number of nitrogens with zero attached hydrogens (tertiary/aromatic N) is 1. The fourth-order valence-corrected chi connectivity index (χ4v) is 2.19. The Hall–Kier alpha value is -2.37. The van der Waals surface area contributed by atoms with Gasteiger partial charge in [-0.15, -0.1) is 0 Å². The van der Waals surface area contributed by atoms with Crippen LogP contribution in [0.5, 0.6) is 0 Å². The maximum Gasteiger partial charge on any atom is 0.326 e. The molecular weight excluding hydrogens is 296 g/mol. The normalized spacial score (nSPS) is 11.6. The summed E-state index contributed by atoms with van der Waals surface area (Å²) >= 11 is 0. The van der Waals surface area contributed by atoms with E-state index in [1.807, 2.05) is 24.3 Å². The highest BCUT2D eigenvalue weighted by Crippen LogP contribution is 2.09. The lowest BCUT2D eigenvalue weighted by Gasteiger charge is -2.26. The number of hydrogen-bond acceptors (Lipinski definition) is 3. The van der Waals surface area contributed by atoms with Gasteiger partial charge in [-0.2, -0.15) is 0 Å². The maximum atomic E-state index is 12.4. The van der Waals surface area contributed by atoms with E-state index < -0.39 is 12.0 Å². The van der Waals surface area contributed by atoms with Crippen LogP contribution in [0.4, 0.5) is 0 Å². The number of carboxylic acids is 1. The number of amides is 2. The number of carbonyl (C=O) groups excluding carboxylic acids is 2. The van der Waals surface area contributed by atoms with Crippen molar-refractivity contribution in [2.75, 3.05) is 13.1 Å². The minimum atomic E-state index is -1.07. The minimum absolute atomic E-state index is 0.141. The molecule has 0 radical (unpaired) electrons. The van der Waals surface area contributed by atoms with Gasteiger partial charge in [0.1, 0.15) is 6.04 Å². The van der Waals surface area contributed by atoms with Crippen molar-refractivity contribution in [1.29, 1.82) is 0 Å². The molecule has 0 aliphatic carbocycles. The van der Waals surface area contributed by atoms with E-state index in [1.54, 1.807) is 0 Å². The Morgan fingerprint density at radius 2 is 1.74 bits per heavy atom. The molecule has 0 aliphatic heterocycles. The average Bonchev–Trinajstić information content (AvgIpc) is 2.51. The van der Waals surface area contributed by atoms with Gasteiger partial charge >= 0.3 is 5.97 Å². The van der Waals surface area contributed by atoms with Crippen LogP contribution in [0.25, 0.3) is 0 Å². The first kappa shape index (κ1) is 18.7. The van der Waals surface area contributed by atoms with Gasteiger partial charge in [0.2, 0.25) is 11.8 Å². The molecule has 1 aromatic carbocycles. The maximum absolute atomic E-state index is 12.4. The lowest BCUT2D eigenvalue weighted by molar-refractivity contribution is -0.149. The molecule has 0 bridgehead atoms. The van der Waals surface area contributed by atoms with Crippen molar-refractivity contribution in [2.45, 2.75) is 39.7 Å². The zero-order valence-electron chi connectivity index (χ0n) is 13.8. The third-order valence-corrected chi connectivity index (χ3v) is 3.66. The summed E-state index contributed by atoms with van der Waals surface area (Å²) in [6.45, 7) is 5.29. The first-order chi connectivity index (χ1) is 10.8. The van der Waals surface area contributed by atoms with Crippen LogP contribution in [-0.4, -0.2) is 46.9 Å². The van der Waals surface area contributed by atoms with Crippen LogP contribution in [0.3, 0.4) is 0 Å². The van der Waals surface area contributed by atoms with Gasteiger partial charge in [-0.05, 0) is 24.5 Å². The molecule has 6 nitrogen and oxygen atoms in total. The summed E-state index contributed by atoms with van der Waals surface area (Å²) in [4.78, 5) is 35.8. The second kappa shape index (κ2) is 8.92. The monoisotopic (exact) mass is 320 g/mol. The van der Waals surface area contributed by atoms with Crippen molar-refractivity contribution in [3.05, 3.63) is 35.4 Å². The van der Waals surface area contributed by atoms with Gasteiger partial charge in [0, 0.05) is 20.0 Å². The quantitative estimate of drug-likeness (QED) is 0.754. The smallest absolute Gasteiger partial charge is 0.326 e. The van der Waals surface area contributed by atoms with Crippen molar-refractivity contribution >= 4 is 17.8 Å². The summed E-state index contributed by atoms with van der Waals surface area (Å²) in [5.74, 6) is -1.55. The number of rotatable bonds is 8. The van der Waals surface area contributed by atoms with Crippen molar-refractivity contribution in [1.82, 2.24) is 10.2 Å². The summed E-state index contributed by atoms with van der Waals surface area (Å²) in [5.41, 5.74) is 2.02. The Balaban J connectivity index is 2.76. The molecule has 126 valence electrons. The average molecular weight is 320 g/mol. The molecule has 0 heterocycles. The van der Waals surface area contributed by atoms with Crippen molar-refractivity contribution in [3.63, 3.8) is 0 Å². The molecule has 0 saturated carbocycles. The second-order valence-electron chi connectivity index (χ2n) is 5.43. The first-order valence-corrected chi connectivity index (χ1v) is 7.69. The lowest BCUT2D eigenvalue weighted by Crippen LogP contribution is -2.47. The molecule has 23 heavy (non-hydrogen) atoms. The summed E-state index contributed by atoms with van der Waals surface area (Å²) in [5, 5.41) is 11.7. The van der Waals surface area contributed by atoms with Crippen LogP contribution in [0, 0.1) is 0 Å². The fraction of sp³-hybridized carbons (Fsp3) is 0.471. The molecule has 0 fully saturated rings. The fourth-order valence-electron chi connectivity index (χ4n) is 2.19. The first-order valence-electron chi connectivity index (χ1n) is 7.69. The Morgan fingerprint density at radius 3 is 2.22 bits per heavy atom. The van der Waals surface area contributed by atoms with E-state index in [0.29, 0.717) is 0 Å². The molecule has 0 spiro atoms. The van der Waals surface area contributed by atoms with Gasteiger partial charge in [0.05, 0.1) is 6.42 Å². The Labute approximate surface area is 136 Å². The molecule has 2 amide bonds. The number of benzene rings is 1. The third kappa shape index (κ3) is 6.10. The van der Waals surface area contributed by atoms with Crippen LogP contribution in [0.2, 0.25) is 0 Å². The zero-order chi connectivity index (χ0) is 17.4. The van der Waals surface area contributed by atoms with Gasteiger partial charge in [-0.25, -0.2) is 4.79 Å². The van der Waals surface area contributed by atoms with E-state index in [2.05, 4.69) is 12.2 Å². The zero-order valence-corrected chi connectivity index (χ0v) is 13.8. The van der Waals surface area contributed by atoms with E-state index in [-0.39, 0.29) is 31.3 Å². The third-order valence-electron chi connectivity index (χ3n) is 3.66. The van der Waals surface area contributed by atoms with E-state index in [0.717, 1.165) is 12.0 Å². The summed E-state index contributed by atoms with van der Waals surface area (Å²) in [7, 11) is 0. The highest BCUT2D eigenvalue weighted by Gasteiger charge is 2.25. The van der Waals surface area contributed by atoms with Gasteiger partial charge in [-0.1, -0.05) is 31.2 Å². The molecule has 0 aliphatic rings. The van der Waals surface area contributed by atoms with Crippen LogP contribution in [0.15, 0.2) is 24.3 Å². The van der Waals surface area contributed by atoms with Gasteiger partial charge in [-0.3, -0.25) is 9.59 Å². The largest absolute Gasteiger partial charge is 0.480 e. The molecule has 1 atom stereocenters. The van der Waals surface area contributed by atoms with Crippen LogP contribution in [0.1, 0.15) is 31.9 Å². The summed E-state index contributed by atoms with van der Waals surface area (Å²) < 4.78 is 0. The predicted octanol–water partition coefficient (Wildman–Crippen LogP) is 1.23. The van der Waals surface area contributed by atoms with E-state index in [4.69, 9.17) is 5.11 Å². The van der Waals surface area contributed by atoms with E-state index in [9.17, 15) is 14.4 Å². The standard InChI is InChI=1S/C17H24N2O4/c1-4-14-5-7-15(8-6-14)11-16(21)19(12(2)17(22)23)10-9-18-13(3)20/h5-8,12H,4,9-11H2,1-3H3,(H,18,20)(H,22,23). The van der Waals surface area contributed by atoms with E-state index in [1.165, 1.54) is 24.3 Å². The lowest BCUT2D eigenvalue weighted by atomic mass is 10.1. The number of nitrogens with one attached hydrogen (secondary N) is 1. The number of carbonyl (C=O) groups is 3. The highest BCUT2D eigenvalue weighted by molar-refractivity contribution is 5.84. The Kier molecular flexibility index (Phi) is 7.25. The number of aliphatic carboxylic acids is 1. The van der Waals surface area contributed by atoms with Gasteiger partial charge in [0.15, 0.2) is 0 Å². The van der Waals surface area contributed by atoms with Crippen molar-refractivity contribution in [3.8, 4) is 0 Å². The summed E-state index contributed by atoms with van der Waals surface area (Å²) in [6.07, 6.45) is 1.06. The Morgan fingerprint density at radius 1 is 1.17 bits per heavy atom. The van der Waals surface area contributed by atoms with Gasteiger partial charge < -0.3 is 15.3 Å². The number of aryl methyl sites for hydroxylation is 1. The van der Waals surface area contributed by atoms with E-state index >= 15 is 0 Å². The minimum Gasteiger partial charge on any atom is -0.480 e. The SMILES string of the molecule is CCc1ccc(CC(=O)N(CCNC(C)=O)C(C)C(=O)O)cc1. The van der Waals surface area contributed by atoms with Crippen molar-refractivity contribution in [2.24, 2.45) is 0 Å². The molecule has 2 N–H and O–H groups in total. The van der Waals surface area contributed by atoms with Crippen LogP contribution < -0.4 is 5.32 Å². The molecule has 1 rings (SSSR count). The van der Waals surface area contributed by atoms with Crippen molar-refractivity contribution < 1.29 is 19.5 Å².